The van der Waals surface area contributed by atoms with Crippen molar-refractivity contribution in [1.29, 1.82) is 0 Å². The zero-order valence-corrected chi connectivity index (χ0v) is 26.2. The van der Waals surface area contributed by atoms with Crippen molar-refractivity contribution in [2.45, 2.75) is 52.0 Å². The number of alkyl halides is 1. The average Bonchev–Trinajstić information content (AvgIpc) is 3.73. The van der Waals surface area contributed by atoms with Crippen molar-refractivity contribution in [3.8, 4) is 11.1 Å². The molecular weight excluding hydrogens is 647 g/mol. The topological polar surface area (TPSA) is 154 Å². The quantitative estimate of drug-likeness (QED) is 0.192. The van der Waals surface area contributed by atoms with Crippen LogP contribution < -0.4 is 5.32 Å². The van der Waals surface area contributed by atoms with Crippen LogP contribution in [0.1, 0.15) is 35.2 Å². The Morgan fingerprint density at radius 1 is 1.11 bits per heavy atom. The Hall–Kier alpha value is -4.92. The predicted octanol–water partition coefficient (Wildman–Crippen LogP) is 3.71. The number of hydrogen-bond donors (Lipinski definition) is 1. The fourth-order valence-corrected chi connectivity index (χ4v) is 5.80. The van der Waals surface area contributed by atoms with Gasteiger partial charge in [0, 0.05) is 42.9 Å². The summed E-state index contributed by atoms with van der Waals surface area (Å²) >= 11 is 3.30. The number of benzene rings is 1. The lowest BCUT2D eigenvalue weighted by atomic mass is 10.0. The molecular formula is C30H28BrFN10O3. The van der Waals surface area contributed by atoms with E-state index >= 15 is 4.39 Å². The molecule has 2 amide bonds. The maximum atomic E-state index is 16.3. The number of carbonyl (C=O) groups is 3. The Morgan fingerprint density at radius 2 is 1.89 bits per heavy atom. The molecule has 4 aromatic heterocycles. The van der Waals surface area contributed by atoms with E-state index in [4.69, 9.17) is 0 Å². The Balaban J connectivity index is 1.31. The van der Waals surface area contributed by atoms with Gasteiger partial charge in [-0.25, -0.2) is 24.0 Å². The predicted molar refractivity (Wildman–Crippen MR) is 165 cm³/mol. The van der Waals surface area contributed by atoms with Crippen molar-refractivity contribution in [3.05, 3.63) is 76.8 Å². The second-order valence-electron chi connectivity index (χ2n) is 11.1. The van der Waals surface area contributed by atoms with Crippen molar-refractivity contribution in [2.24, 2.45) is 0 Å². The van der Waals surface area contributed by atoms with E-state index < -0.39 is 23.5 Å². The summed E-state index contributed by atoms with van der Waals surface area (Å²) in [6.07, 6.45) is 6.07. The molecule has 0 saturated carbocycles. The molecule has 6 rings (SSSR count). The number of likely N-dealkylation sites (tertiary alicyclic amines) is 1. The van der Waals surface area contributed by atoms with Crippen molar-refractivity contribution in [3.63, 3.8) is 0 Å². The summed E-state index contributed by atoms with van der Waals surface area (Å²) in [6.45, 7) is 4.09. The summed E-state index contributed by atoms with van der Waals surface area (Å²) < 4.78 is 19.6. The van der Waals surface area contributed by atoms with E-state index in [1.165, 1.54) is 33.6 Å². The summed E-state index contributed by atoms with van der Waals surface area (Å²) in [5.74, 6) is -0.466. The zero-order chi connectivity index (χ0) is 31.9. The van der Waals surface area contributed by atoms with Crippen LogP contribution in [0, 0.1) is 13.8 Å². The van der Waals surface area contributed by atoms with Gasteiger partial charge in [0.1, 0.15) is 40.2 Å². The van der Waals surface area contributed by atoms with Gasteiger partial charge in [0.05, 0.1) is 24.8 Å². The highest BCUT2D eigenvalue weighted by molar-refractivity contribution is 9.10. The lowest BCUT2D eigenvalue weighted by Crippen LogP contribution is -2.45. The molecule has 5 aromatic rings. The fraction of sp³-hybridized carbons (Fsp3) is 0.300. The van der Waals surface area contributed by atoms with Crippen LogP contribution in [0.25, 0.3) is 22.0 Å². The van der Waals surface area contributed by atoms with Crippen LogP contribution in [0.3, 0.4) is 0 Å². The van der Waals surface area contributed by atoms with Crippen LogP contribution >= 0.6 is 15.9 Å². The van der Waals surface area contributed by atoms with Gasteiger partial charge >= 0.3 is 0 Å². The van der Waals surface area contributed by atoms with Gasteiger partial charge in [0.15, 0.2) is 5.78 Å². The molecule has 0 radical (unpaired) electrons. The third-order valence-electron chi connectivity index (χ3n) is 7.72. The first-order chi connectivity index (χ1) is 21.5. The molecule has 13 nitrogen and oxygen atoms in total. The number of aromatic nitrogens is 8. The van der Waals surface area contributed by atoms with Crippen LogP contribution in [0.15, 0.2) is 59.7 Å². The molecule has 1 aliphatic rings. The lowest BCUT2D eigenvalue weighted by molar-refractivity contribution is -0.137. The third kappa shape index (κ3) is 6.20. The molecule has 230 valence electrons. The first-order valence-corrected chi connectivity index (χ1v) is 14.9. The second kappa shape index (κ2) is 11.9. The average molecular weight is 676 g/mol. The number of nitrogens with one attached hydrogen (secondary N) is 1. The fourth-order valence-electron chi connectivity index (χ4n) is 5.49. The highest BCUT2D eigenvalue weighted by Gasteiger charge is 2.50. The molecule has 0 bridgehead atoms. The van der Waals surface area contributed by atoms with E-state index in [0.717, 1.165) is 11.1 Å². The number of hydrogen-bond acceptors (Lipinski definition) is 9. The molecule has 0 unspecified atom stereocenters. The van der Waals surface area contributed by atoms with Crippen LogP contribution in [0.4, 0.5) is 10.2 Å². The third-order valence-corrected chi connectivity index (χ3v) is 8.16. The Labute approximate surface area is 265 Å². The Bertz CT molecular complexity index is 1930. The van der Waals surface area contributed by atoms with Crippen molar-refractivity contribution >= 4 is 50.2 Å². The molecule has 1 aromatic carbocycles. The SMILES string of the molecule is CC(=O)c1nn(CC(=O)N2C[C@@](F)(Cn3ccnn3)C[C@H]2C(=O)Nc2nc(Br)ccc2C)c2ccc(-c3cnc(C)nc3)cc12. The number of anilines is 1. The van der Waals surface area contributed by atoms with Crippen LogP contribution in [0.2, 0.25) is 0 Å². The van der Waals surface area contributed by atoms with E-state index in [9.17, 15) is 14.4 Å². The van der Waals surface area contributed by atoms with Gasteiger partial charge < -0.3 is 10.2 Å². The summed E-state index contributed by atoms with van der Waals surface area (Å²) in [6, 6.07) is 7.76. The highest BCUT2D eigenvalue weighted by Crippen LogP contribution is 2.34. The van der Waals surface area contributed by atoms with E-state index in [0.29, 0.717) is 32.7 Å². The lowest BCUT2D eigenvalue weighted by Gasteiger charge is -2.24. The van der Waals surface area contributed by atoms with Gasteiger partial charge in [0.25, 0.3) is 0 Å². The van der Waals surface area contributed by atoms with Gasteiger partial charge in [-0.05, 0) is 59.1 Å². The molecule has 0 aliphatic carbocycles. The molecule has 1 aliphatic heterocycles. The normalized spacial score (nSPS) is 18.0. The number of ketones is 1. The molecule has 1 saturated heterocycles. The molecule has 15 heteroatoms. The van der Waals surface area contributed by atoms with Crippen LogP contribution in [-0.4, -0.2) is 80.5 Å². The maximum Gasteiger partial charge on any atom is 0.248 e. The van der Waals surface area contributed by atoms with Crippen molar-refractivity contribution in [1.82, 2.24) is 44.6 Å². The van der Waals surface area contributed by atoms with Gasteiger partial charge in [-0.2, -0.15) is 5.10 Å². The number of rotatable bonds is 8. The number of aryl methyl sites for hydroxylation is 2. The summed E-state index contributed by atoms with van der Waals surface area (Å²) in [5, 5.41) is 15.4. The molecule has 0 spiro atoms. The minimum absolute atomic E-state index is 0.186. The van der Waals surface area contributed by atoms with Gasteiger partial charge in [-0.15, -0.1) is 5.10 Å². The Morgan fingerprint density at radius 3 is 2.60 bits per heavy atom. The number of halogens is 2. The Kier molecular flexibility index (Phi) is 7.95. The number of carbonyl (C=O) groups excluding carboxylic acids is 3. The summed E-state index contributed by atoms with van der Waals surface area (Å²) in [4.78, 5) is 54.1. The summed E-state index contributed by atoms with van der Waals surface area (Å²) in [5.41, 5.74) is 0.993. The second-order valence-corrected chi connectivity index (χ2v) is 11.9. The minimum Gasteiger partial charge on any atom is -0.326 e. The molecule has 2 atom stereocenters. The molecule has 1 N–H and O–H groups in total. The maximum absolute atomic E-state index is 16.3. The van der Waals surface area contributed by atoms with Gasteiger partial charge in [-0.3, -0.25) is 19.1 Å². The van der Waals surface area contributed by atoms with Crippen molar-refractivity contribution < 1.29 is 18.8 Å². The zero-order valence-electron chi connectivity index (χ0n) is 24.6. The first kappa shape index (κ1) is 30.1. The van der Waals surface area contributed by atoms with E-state index in [1.54, 1.807) is 50.5 Å². The first-order valence-electron chi connectivity index (χ1n) is 14.1. The highest BCUT2D eigenvalue weighted by atomic mass is 79.9. The number of pyridine rings is 1. The number of nitrogens with zero attached hydrogens (tertiary/aromatic N) is 9. The van der Waals surface area contributed by atoms with Gasteiger partial charge in [-0.1, -0.05) is 17.3 Å². The largest absolute Gasteiger partial charge is 0.326 e. The molecule has 1 fully saturated rings. The molecule has 45 heavy (non-hydrogen) atoms. The van der Waals surface area contributed by atoms with Crippen molar-refractivity contribution in [2.75, 3.05) is 11.9 Å². The van der Waals surface area contributed by atoms with Crippen LogP contribution in [0.5, 0.6) is 0 Å². The van der Waals surface area contributed by atoms with Crippen LogP contribution in [-0.2, 0) is 22.7 Å². The van der Waals surface area contributed by atoms with E-state index in [2.05, 4.69) is 51.6 Å². The number of fused-ring (bicyclic) bond motifs is 1. The van der Waals surface area contributed by atoms with E-state index in [-0.39, 0.29) is 37.5 Å². The standard InChI is InChI=1S/C30H28BrFN10O3/c1-17-4-7-25(31)36-28(17)37-29(45)24-11-30(32,15-40-9-8-35-39-40)16-41(24)26(44)14-42-23-6-5-20(21-12-33-19(3)34-13-21)10-22(23)27(38-42)18(2)43/h4-10,12-13,24H,11,14-16H2,1-3H3,(H,36,37,45)/t24-,30-/m0/s1. The number of amides is 2. The smallest absolute Gasteiger partial charge is 0.248 e. The summed E-state index contributed by atoms with van der Waals surface area (Å²) in [7, 11) is 0. The monoisotopic (exact) mass is 674 g/mol. The van der Waals surface area contributed by atoms with Gasteiger partial charge in [0.2, 0.25) is 11.8 Å². The molecule has 5 heterocycles. The number of Topliss-reactive ketones (excluding diaryl/α,β-unsaturated/α-hetero) is 1. The minimum atomic E-state index is -1.97. The van der Waals surface area contributed by atoms with E-state index in [1.807, 2.05) is 6.07 Å².